The van der Waals surface area contributed by atoms with Gasteiger partial charge in [0.05, 0.1) is 16.9 Å². The van der Waals surface area contributed by atoms with Crippen LogP contribution < -0.4 is 10.2 Å². The lowest BCUT2D eigenvalue weighted by Gasteiger charge is -2.33. The number of aromatic nitrogens is 3. The smallest absolute Gasteiger partial charge is 0.249 e. The molecule has 1 aromatic carbocycles. The van der Waals surface area contributed by atoms with Crippen molar-refractivity contribution in [2.45, 2.75) is 0 Å². The summed E-state index contributed by atoms with van der Waals surface area (Å²) in [5.74, 6) is 1.04. The summed E-state index contributed by atoms with van der Waals surface area (Å²) in [5.41, 5.74) is 0.615. The third kappa shape index (κ3) is 3.80. The average molecular weight is 353 g/mol. The molecule has 2 aromatic rings. The SMILES string of the molecule is O=CN1CCN(c2cnnc(Nc3cc(Cl)ccc3Cl)n2)CC1. The van der Waals surface area contributed by atoms with Gasteiger partial charge in [-0.05, 0) is 18.2 Å². The number of carbonyl (C=O) groups is 1. The molecule has 2 heterocycles. The number of carbonyl (C=O) groups excluding carboxylic acids is 1. The number of rotatable bonds is 4. The van der Waals surface area contributed by atoms with Crippen molar-refractivity contribution in [3.63, 3.8) is 0 Å². The lowest BCUT2D eigenvalue weighted by Crippen LogP contribution is -2.46. The Morgan fingerprint density at radius 3 is 2.70 bits per heavy atom. The second kappa shape index (κ2) is 6.97. The Bertz CT molecular complexity index is 705. The molecule has 1 aromatic heterocycles. The van der Waals surface area contributed by atoms with Gasteiger partial charge in [0.15, 0.2) is 5.82 Å². The maximum Gasteiger partial charge on any atom is 0.249 e. The quantitative estimate of drug-likeness (QED) is 0.850. The van der Waals surface area contributed by atoms with Gasteiger partial charge >= 0.3 is 0 Å². The molecule has 9 heteroatoms. The molecular formula is C14H14Cl2N6O. The van der Waals surface area contributed by atoms with Crippen molar-refractivity contribution in [3.05, 3.63) is 34.4 Å². The molecule has 0 spiro atoms. The third-order valence-corrected chi connectivity index (χ3v) is 4.07. The van der Waals surface area contributed by atoms with Gasteiger partial charge in [-0.2, -0.15) is 10.1 Å². The van der Waals surface area contributed by atoms with Gasteiger partial charge < -0.3 is 15.1 Å². The first-order valence-electron chi connectivity index (χ1n) is 7.02. The van der Waals surface area contributed by atoms with E-state index in [9.17, 15) is 4.79 Å². The summed E-state index contributed by atoms with van der Waals surface area (Å²) in [5, 5.41) is 12.0. The van der Waals surface area contributed by atoms with Gasteiger partial charge in [-0.3, -0.25) is 4.79 Å². The zero-order chi connectivity index (χ0) is 16.2. The van der Waals surface area contributed by atoms with Crippen LogP contribution >= 0.6 is 23.2 Å². The Morgan fingerprint density at radius 1 is 1.17 bits per heavy atom. The fourth-order valence-electron chi connectivity index (χ4n) is 2.27. The van der Waals surface area contributed by atoms with Crippen LogP contribution in [0.5, 0.6) is 0 Å². The molecule has 23 heavy (non-hydrogen) atoms. The predicted molar refractivity (Wildman–Crippen MR) is 89.4 cm³/mol. The third-order valence-electron chi connectivity index (χ3n) is 3.51. The molecule has 1 aliphatic heterocycles. The number of halogens is 2. The van der Waals surface area contributed by atoms with Crippen molar-refractivity contribution in [2.75, 3.05) is 36.4 Å². The van der Waals surface area contributed by atoms with Gasteiger partial charge in [-0.25, -0.2) is 0 Å². The first kappa shape index (κ1) is 15.8. The summed E-state index contributed by atoms with van der Waals surface area (Å²) in [6.07, 6.45) is 2.46. The minimum Gasteiger partial charge on any atom is -0.352 e. The van der Waals surface area contributed by atoms with Crippen molar-refractivity contribution >= 4 is 47.1 Å². The molecule has 1 amide bonds. The second-order valence-electron chi connectivity index (χ2n) is 5.02. The number of nitrogens with zero attached hydrogens (tertiary/aromatic N) is 5. The largest absolute Gasteiger partial charge is 0.352 e. The lowest BCUT2D eigenvalue weighted by molar-refractivity contribution is -0.118. The van der Waals surface area contributed by atoms with Crippen LogP contribution in [-0.4, -0.2) is 52.7 Å². The van der Waals surface area contributed by atoms with Crippen LogP contribution in [-0.2, 0) is 4.79 Å². The Morgan fingerprint density at radius 2 is 1.96 bits per heavy atom. The molecule has 0 atom stereocenters. The molecule has 0 saturated carbocycles. The first-order chi connectivity index (χ1) is 11.2. The highest BCUT2D eigenvalue weighted by Crippen LogP contribution is 2.27. The molecule has 1 saturated heterocycles. The number of hydrogen-bond donors (Lipinski definition) is 1. The fraction of sp³-hybridized carbons (Fsp3) is 0.286. The molecule has 0 unspecified atom stereocenters. The highest BCUT2D eigenvalue weighted by atomic mass is 35.5. The van der Waals surface area contributed by atoms with E-state index in [1.807, 2.05) is 0 Å². The average Bonchev–Trinajstić information content (AvgIpc) is 2.58. The van der Waals surface area contributed by atoms with Crippen molar-refractivity contribution in [3.8, 4) is 0 Å². The van der Waals surface area contributed by atoms with Gasteiger partial charge in [0.25, 0.3) is 0 Å². The monoisotopic (exact) mass is 352 g/mol. The van der Waals surface area contributed by atoms with Crippen LogP contribution in [0.15, 0.2) is 24.4 Å². The Balaban J connectivity index is 1.75. The zero-order valence-corrected chi connectivity index (χ0v) is 13.6. The molecule has 1 aliphatic rings. The van der Waals surface area contributed by atoms with E-state index in [1.165, 1.54) is 0 Å². The molecule has 1 fully saturated rings. The standard InChI is InChI=1S/C14H14Cl2N6O/c15-10-1-2-11(16)12(7-10)18-14-19-13(8-17-20-14)22-5-3-21(9-23)4-6-22/h1-2,7-9H,3-6H2,(H,18,19,20). The molecule has 120 valence electrons. The Labute approximate surface area is 143 Å². The molecule has 0 radical (unpaired) electrons. The normalized spacial score (nSPS) is 14.7. The molecule has 0 aliphatic carbocycles. The highest BCUT2D eigenvalue weighted by molar-refractivity contribution is 6.35. The predicted octanol–water partition coefficient (Wildman–Crippen LogP) is 2.20. The number of piperazine rings is 1. The second-order valence-corrected chi connectivity index (χ2v) is 5.86. The number of nitrogens with one attached hydrogen (secondary N) is 1. The fourth-order valence-corrected chi connectivity index (χ4v) is 2.61. The van der Waals surface area contributed by atoms with Gasteiger partial charge in [0, 0.05) is 31.2 Å². The van der Waals surface area contributed by atoms with E-state index in [0.717, 1.165) is 6.41 Å². The van der Waals surface area contributed by atoms with Crippen molar-refractivity contribution < 1.29 is 4.79 Å². The summed E-state index contributed by atoms with van der Waals surface area (Å²) in [6, 6.07) is 5.10. The van der Waals surface area contributed by atoms with Crippen LogP contribution in [0.25, 0.3) is 0 Å². The number of amides is 1. The van der Waals surface area contributed by atoms with E-state index in [1.54, 1.807) is 29.3 Å². The minimum atomic E-state index is 0.337. The van der Waals surface area contributed by atoms with Crippen LogP contribution in [0.1, 0.15) is 0 Å². The van der Waals surface area contributed by atoms with E-state index in [2.05, 4.69) is 25.4 Å². The first-order valence-corrected chi connectivity index (χ1v) is 7.77. The zero-order valence-electron chi connectivity index (χ0n) is 12.1. The summed E-state index contributed by atoms with van der Waals surface area (Å²) >= 11 is 12.1. The molecule has 0 bridgehead atoms. The van der Waals surface area contributed by atoms with E-state index in [4.69, 9.17) is 23.2 Å². The topological polar surface area (TPSA) is 74.2 Å². The summed E-state index contributed by atoms with van der Waals surface area (Å²) in [4.78, 5) is 19.0. The summed E-state index contributed by atoms with van der Waals surface area (Å²) < 4.78 is 0. The molecule has 3 rings (SSSR count). The Hall–Kier alpha value is -2.12. The lowest BCUT2D eigenvalue weighted by atomic mass is 10.3. The molecule has 7 nitrogen and oxygen atoms in total. The van der Waals surface area contributed by atoms with Crippen LogP contribution in [0, 0.1) is 0 Å². The maximum absolute atomic E-state index is 10.8. The van der Waals surface area contributed by atoms with Crippen molar-refractivity contribution in [2.24, 2.45) is 0 Å². The van der Waals surface area contributed by atoms with E-state index in [-0.39, 0.29) is 0 Å². The van der Waals surface area contributed by atoms with E-state index < -0.39 is 0 Å². The van der Waals surface area contributed by atoms with Gasteiger partial charge in [0.2, 0.25) is 12.4 Å². The van der Waals surface area contributed by atoms with Crippen LogP contribution in [0.2, 0.25) is 10.0 Å². The minimum absolute atomic E-state index is 0.337. The van der Waals surface area contributed by atoms with Crippen LogP contribution in [0.3, 0.4) is 0 Å². The van der Waals surface area contributed by atoms with Gasteiger partial charge in [-0.1, -0.05) is 23.2 Å². The number of benzene rings is 1. The van der Waals surface area contributed by atoms with E-state index in [0.29, 0.717) is 53.7 Å². The van der Waals surface area contributed by atoms with Gasteiger partial charge in [0.1, 0.15) is 0 Å². The number of hydrogen-bond acceptors (Lipinski definition) is 6. The van der Waals surface area contributed by atoms with Crippen molar-refractivity contribution in [1.82, 2.24) is 20.1 Å². The summed E-state index contributed by atoms with van der Waals surface area (Å²) in [7, 11) is 0. The summed E-state index contributed by atoms with van der Waals surface area (Å²) in [6.45, 7) is 2.73. The maximum atomic E-state index is 10.8. The molecule has 1 N–H and O–H groups in total. The van der Waals surface area contributed by atoms with Gasteiger partial charge in [-0.15, -0.1) is 5.10 Å². The van der Waals surface area contributed by atoms with E-state index >= 15 is 0 Å². The molecular weight excluding hydrogens is 339 g/mol. The Kier molecular flexibility index (Phi) is 4.78. The number of anilines is 3. The van der Waals surface area contributed by atoms with Crippen molar-refractivity contribution in [1.29, 1.82) is 0 Å². The van der Waals surface area contributed by atoms with Crippen LogP contribution in [0.4, 0.5) is 17.5 Å². The highest BCUT2D eigenvalue weighted by Gasteiger charge is 2.17.